The van der Waals surface area contributed by atoms with Gasteiger partial charge in [-0.15, -0.1) is 0 Å². The Balaban J connectivity index is 1.83. The van der Waals surface area contributed by atoms with Crippen LogP contribution < -0.4 is 15.5 Å². The zero-order valence-corrected chi connectivity index (χ0v) is 15.3. The van der Waals surface area contributed by atoms with Gasteiger partial charge in [0.1, 0.15) is 5.82 Å². The number of carbonyl (C=O) groups is 2. The highest BCUT2D eigenvalue weighted by atomic mass is 19.1. The van der Waals surface area contributed by atoms with E-state index >= 15 is 0 Å². The highest BCUT2D eigenvalue weighted by Gasteiger charge is 2.29. The van der Waals surface area contributed by atoms with Gasteiger partial charge in [-0.05, 0) is 43.9 Å². The molecule has 5 nitrogen and oxygen atoms in total. The minimum absolute atomic E-state index is 0.0187. The molecule has 6 heteroatoms. The highest BCUT2D eigenvalue weighted by Crippen LogP contribution is 2.23. The van der Waals surface area contributed by atoms with Crippen molar-refractivity contribution < 1.29 is 18.9 Å². The van der Waals surface area contributed by atoms with Crippen LogP contribution in [-0.4, -0.2) is 37.5 Å². The minimum atomic E-state index is -0.396. The van der Waals surface area contributed by atoms with Crippen molar-refractivity contribution >= 4 is 17.5 Å². The van der Waals surface area contributed by atoms with Crippen LogP contribution in [0.5, 0.6) is 0 Å². The van der Waals surface area contributed by atoms with E-state index in [4.69, 9.17) is 0 Å². The molecule has 1 aliphatic rings. The van der Waals surface area contributed by atoms with E-state index in [9.17, 15) is 14.0 Å². The van der Waals surface area contributed by atoms with E-state index in [1.54, 1.807) is 12.1 Å². The molecule has 0 heterocycles. The first-order valence-electron chi connectivity index (χ1n) is 9.05. The number of nitrogens with one attached hydrogen (secondary N) is 3. The molecule has 1 unspecified atom stereocenters. The Kier molecular flexibility index (Phi) is 6.93. The topological polar surface area (TPSA) is 62.6 Å². The molecular formula is C19H29FN3O2+. The molecule has 0 spiro atoms. The summed E-state index contributed by atoms with van der Waals surface area (Å²) < 4.78 is 13.2. The van der Waals surface area contributed by atoms with E-state index in [0.29, 0.717) is 11.6 Å². The third kappa shape index (κ3) is 5.81. The van der Waals surface area contributed by atoms with Gasteiger partial charge in [-0.2, -0.15) is 0 Å². The Morgan fingerprint density at radius 1 is 1.32 bits per heavy atom. The van der Waals surface area contributed by atoms with E-state index in [2.05, 4.69) is 17.6 Å². The largest absolute Gasteiger partial charge is 0.348 e. The maximum absolute atomic E-state index is 13.2. The second kappa shape index (κ2) is 8.94. The first-order chi connectivity index (χ1) is 11.9. The molecule has 3 N–H and O–H groups in total. The van der Waals surface area contributed by atoms with E-state index < -0.39 is 5.82 Å². The van der Waals surface area contributed by atoms with Gasteiger partial charge in [-0.25, -0.2) is 4.39 Å². The maximum Gasteiger partial charge on any atom is 0.279 e. The molecule has 1 aromatic carbocycles. The molecule has 138 valence electrons. The Morgan fingerprint density at radius 3 is 2.72 bits per heavy atom. The van der Waals surface area contributed by atoms with Crippen molar-refractivity contribution in [1.29, 1.82) is 0 Å². The first-order valence-corrected chi connectivity index (χ1v) is 9.05. The molecular weight excluding hydrogens is 321 g/mol. The van der Waals surface area contributed by atoms with Crippen molar-refractivity contribution in [3.63, 3.8) is 0 Å². The Bertz CT molecular complexity index is 608. The van der Waals surface area contributed by atoms with E-state index in [0.717, 1.165) is 24.2 Å². The molecule has 2 amide bonds. The van der Waals surface area contributed by atoms with Gasteiger partial charge in [0.2, 0.25) is 0 Å². The van der Waals surface area contributed by atoms with Gasteiger partial charge in [0.15, 0.2) is 12.6 Å². The summed E-state index contributed by atoms with van der Waals surface area (Å²) in [4.78, 5) is 25.4. The van der Waals surface area contributed by atoms with E-state index in [-0.39, 0.29) is 30.4 Å². The number of likely N-dealkylation sites (N-methyl/N-ethyl adjacent to an activating group) is 1. The van der Waals surface area contributed by atoms with Gasteiger partial charge in [0.25, 0.3) is 11.8 Å². The summed E-state index contributed by atoms with van der Waals surface area (Å²) in [6, 6.07) is 5.68. The van der Waals surface area contributed by atoms with Crippen molar-refractivity contribution in [1.82, 2.24) is 5.32 Å². The van der Waals surface area contributed by atoms with Crippen LogP contribution in [-0.2, 0) is 9.59 Å². The lowest BCUT2D eigenvalue weighted by Gasteiger charge is -2.31. The molecule has 0 radical (unpaired) electrons. The zero-order valence-electron chi connectivity index (χ0n) is 15.3. The summed E-state index contributed by atoms with van der Waals surface area (Å²) in [6.45, 7) is 4.15. The molecule has 1 saturated carbocycles. The van der Waals surface area contributed by atoms with E-state index in [1.165, 1.54) is 18.6 Å². The fourth-order valence-electron chi connectivity index (χ4n) is 3.24. The lowest BCUT2D eigenvalue weighted by Crippen LogP contribution is -3.15. The number of anilines is 1. The summed E-state index contributed by atoms with van der Waals surface area (Å²) in [7, 11) is 1.82. The van der Waals surface area contributed by atoms with Crippen LogP contribution in [0.25, 0.3) is 0 Å². The average molecular weight is 350 g/mol. The molecule has 0 aromatic heterocycles. The van der Waals surface area contributed by atoms with Crippen molar-refractivity contribution in [2.24, 2.45) is 5.92 Å². The lowest BCUT2D eigenvalue weighted by atomic mass is 9.86. The van der Waals surface area contributed by atoms with Crippen LogP contribution in [0.1, 0.15) is 39.5 Å². The smallest absolute Gasteiger partial charge is 0.279 e. The van der Waals surface area contributed by atoms with Crippen molar-refractivity contribution in [3.8, 4) is 0 Å². The van der Waals surface area contributed by atoms with Crippen LogP contribution in [0.3, 0.4) is 0 Å². The highest BCUT2D eigenvalue weighted by molar-refractivity contribution is 5.91. The fourth-order valence-corrected chi connectivity index (χ4v) is 3.24. The maximum atomic E-state index is 13.2. The number of amides is 2. The number of hydrogen-bond donors (Lipinski definition) is 3. The number of rotatable bonds is 6. The molecule has 1 aliphatic carbocycles. The van der Waals surface area contributed by atoms with Gasteiger partial charge in [-0.3, -0.25) is 9.59 Å². The van der Waals surface area contributed by atoms with Gasteiger partial charge in [0.05, 0.1) is 7.05 Å². The van der Waals surface area contributed by atoms with Gasteiger partial charge >= 0.3 is 0 Å². The van der Waals surface area contributed by atoms with Crippen molar-refractivity contribution in [3.05, 3.63) is 30.1 Å². The molecule has 0 bridgehead atoms. The van der Waals surface area contributed by atoms with Crippen LogP contribution in [0.15, 0.2) is 24.3 Å². The molecule has 4 atom stereocenters. The monoisotopic (exact) mass is 350 g/mol. The van der Waals surface area contributed by atoms with Gasteiger partial charge in [-0.1, -0.05) is 25.8 Å². The molecule has 0 saturated heterocycles. The third-order valence-electron chi connectivity index (χ3n) is 5.12. The molecule has 2 rings (SSSR count). The normalized spacial score (nSPS) is 22.7. The first kappa shape index (κ1) is 19.4. The summed E-state index contributed by atoms with van der Waals surface area (Å²) >= 11 is 0. The van der Waals surface area contributed by atoms with Crippen LogP contribution in [0, 0.1) is 11.7 Å². The molecule has 1 aromatic rings. The fraction of sp³-hybridized carbons (Fsp3) is 0.579. The van der Waals surface area contributed by atoms with Gasteiger partial charge in [0, 0.05) is 11.7 Å². The van der Waals surface area contributed by atoms with Crippen molar-refractivity contribution in [2.45, 2.75) is 51.6 Å². The van der Waals surface area contributed by atoms with Crippen LogP contribution in [0.4, 0.5) is 10.1 Å². The third-order valence-corrected chi connectivity index (χ3v) is 5.12. The molecule has 25 heavy (non-hydrogen) atoms. The second-order valence-corrected chi connectivity index (χ2v) is 7.18. The Morgan fingerprint density at radius 2 is 2.04 bits per heavy atom. The second-order valence-electron chi connectivity index (χ2n) is 7.18. The minimum Gasteiger partial charge on any atom is -0.348 e. The molecule has 1 fully saturated rings. The Labute approximate surface area is 149 Å². The number of quaternary nitrogens is 1. The number of benzene rings is 1. The van der Waals surface area contributed by atoms with Crippen molar-refractivity contribution in [2.75, 3.05) is 18.9 Å². The van der Waals surface area contributed by atoms with Crippen LogP contribution in [0.2, 0.25) is 0 Å². The average Bonchev–Trinajstić information content (AvgIpc) is 2.56. The predicted octanol–water partition coefficient (Wildman–Crippen LogP) is 1.36. The number of hydrogen-bond acceptors (Lipinski definition) is 2. The van der Waals surface area contributed by atoms with E-state index in [1.807, 2.05) is 14.0 Å². The quantitative estimate of drug-likeness (QED) is 0.725. The number of carbonyl (C=O) groups excluding carboxylic acids is 2. The lowest BCUT2D eigenvalue weighted by molar-refractivity contribution is -0.885. The summed E-state index contributed by atoms with van der Waals surface area (Å²) in [5, 5.41) is 5.80. The summed E-state index contributed by atoms with van der Waals surface area (Å²) in [5.74, 6) is -0.155. The summed E-state index contributed by atoms with van der Waals surface area (Å²) in [6.07, 6.45) is 4.56. The Hall–Kier alpha value is -1.95. The molecule has 0 aliphatic heterocycles. The summed E-state index contributed by atoms with van der Waals surface area (Å²) in [5.41, 5.74) is 0.422. The van der Waals surface area contributed by atoms with Crippen LogP contribution >= 0.6 is 0 Å². The number of halogens is 1. The predicted molar refractivity (Wildman–Crippen MR) is 95.8 cm³/mol. The standard InChI is InChI=1S/C19H28FN3O2/c1-13-7-4-5-10-17(13)22-19(25)14(2)23(3)12-18(24)21-16-9-6-8-15(20)11-16/h6,8-9,11,13-14,17H,4-5,7,10,12H2,1-3H3,(H,21,24)(H,22,25)/p+1/t13-,14+,17-/m0/s1. The van der Waals surface area contributed by atoms with Gasteiger partial charge < -0.3 is 15.5 Å². The SMILES string of the molecule is C[C@H](C(=O)N[C@H]1CCCC[C@@H]1C)[NH+](C)CC(=O)Nc1cccc(F)c1. The zero-order chi connectivity index (χ0) is 18.4.